The Hall–Kier alpha value is -2.69. The van der Waals surface area contributed by atoms with Crippen molar-refractivity contribution in [2.45, 2.75) is 26.2 Å². The fraction of sp³-hybridized carbons (Fsp3) is 0.350. The van der Waals surface area contributed by atoms with Gasteiger partial charge >= 0.3 is 0 Å². The molecular formula is C20H23NO4. The van der Waals surface area contributed by atoms with Gasteiger partial charge in [0, 0.05) is 24.2 Å². The molecule has 2 aromatic carbocycles. The number of carbonyl (C=O) groups excluding carboxylic acids is 1. The third kappa shape index (κ3) is 3.87. The predicted octanol–water partition coefficient (Wildman–Crippen LogP) is 4.23. The first-order valence-electron chi connectivity index (χ1n) is 8.47. The van der Waals surface area contributed by atoms with Gasteiger partial charge < -0.3 is 19.5 Å². The van der Waals surface area contributed by atoms with Gasteiger partial charge in [0.1, 0.15) is 5.75 Å². The summed E-state index contributed by atoms with van der Waals surface area (Å²) in [4.78, 5) is 12.7. The highest BCUT2D eigenvalue weighted by atomic mass is 16.5. The van der Waals surface area contributed by atoms with Crippen molar-refractivity contribution >= 4 is 11.6 Å². The summed E-state index contributed by atoms with van der Waals surface area (Å²) in [5, 5.41) is 2.91. The molecule has 132 valence electrons. The van der Waals surface area contributed by atoms with Crippen LogP contribution in [0.2, 0.25) is 0 Å². The van der Waals surface area contributed by atoms with Crippen LogP contribution in [0, 0.1) is 0 Å². The number of hydrogen-bond acceptors (Lipinski definition) is 4. The van der Waals surface area contributed by atoms with Crippen LogP contribution in [0.5, 0.6) is 17.2 Å². The summed E-state index contributed by atoms with van der Waals surface area (Å²) >= 11 is 0. The monoisotopic (exact) mass is 341 g/mol. The quantitative estimate of drug-likeness (QED) is 0.904. The van der Waals surface area contributed by atoms with Crippen molar-refractivity contribution in [3.05, 3.63) is 47.5 Å². The Balaban J connectivity index is 1.84. The normalized spacial score (nSPS) is 13.3. The van der Waals surface area contributed by atoms with Crippen molar-refractivity contribution in [1.29, 1.82) is 0 Å². The first-order valence-corrected chi connectivity index (χ1v) is 8.47. The Bertz CT molecular complexity index is 753. The van der Waals surface area contributed by atoms with E-state index in [0.717, 1.165) is 12.1 Å². The van der Waals surface area contributed by atoms with Crippen molar-refractivity contribution in [3.8, 4) is 17.2 Å². The third-order valence-electron chi connectivity index (χ3n) is 4.15. The molecule has 3 rings (SSSR count). The number of anilines is 1. The minimum absolute atomic E-state index is 0.246. The maximum absolute atomic E-state index is 12.7. The van der Waals surface area contributed by atoms with Gasteiger partial charge in [0.25, 0.3) is 5.91 Å². The average molecular weight is 341 g/mol. The van der Waals surface area contributed by atoms with Gasteiger partial charge in [-0.25, -0.2) is 0 Å². The molecule has 0 unspecified atom stereocenters. The molecule has 0 aromatic heterocycles. The highest BCUT2D eigenvalue weighted by Crippen LogP contribution is 2.36. The topological polar surface area (TPSA) is 56.8 Å². The molecule has 1 amide bonds. The van der Waals surface area contributed by atoms with Crippen molar-refractivity contribution in [1.82, 2.24) is 0 Å². The highest BCUT2D eigenvalue weighted by Gasteiger charge is 2.20. The number of rotatable bonds is 4. The van der Waals surface area contributed by atoms with Crippen LogP contribution in [0.1, 0.15) is 42.1 Å². The van der Waals surface area contributed by atoms with E-state index >= 15 is 0 Å². The van der Waals surface area contributed by atoms with Crippen molar-refractivity contribution in [3.63, 3.8) is 0 Å². The van der Waals surface area contributed by atoms with E-state index in [2.05, 4.69) is 19.2 Å². The number of methoxy groups -OCH3 is 1. The molecule has 5 nitrogen and oxygen atoms in total. The molecule has 0 atom stereocenters. The summed E-state index contributed by atoms with van der Waals surface area (Å²) in [5.74, 6) is 1.84. The number of hydrogen-bond donors (Lipinski definition) is 1. The zero-order valence-electron chi connectivity index (χ0n) is 14.8. The van der Waals surface area contributed by atoms with E-state index in [-0.39, 0.29) is 5.91 Å². The van der Waals surface area contributed by atoms with Crippen LogP contribution in [0.25, 0.3) is 0 Å². The first-order chi connectivity index (χ1) is 12.1. The van der Waals surface area contributed by atoms with Crippen LogP contribution in [0.15, 0.2) is 36.4 Å². The summed E-state index contributed by atoms with van der Waals surface area (Å²) in [6.07, 6.45) is 0.806. The lowest BCUT2D eigenvalue weighted by Crippen LogP contribution is -2.13. The molecule has 5 heteroatoms. The SMILES string of the molecule is COc1cc2c(cc1C(=O)Nc1ccc(C(C)C)cc1)OCCCO2. The summed E-state index contributed by atoms with van der Waals surface area (Å²) in [7, 11) is 1.54. The van der Waals surface area contributed by atoms with Crippen LogP contribution in [-0.4, -0.2) is 26.2 Å². The average Bonchev–Trinajstić information content (AvgIpc) is 2.85. The molecule has 0 radical (unpaired) electrons. The standard InChI is InChI=1S/C20H23NO4/c1-13(2)14-5-7-15(8-6-14)21-20(22)16-11-18-19(12-17(16)23-3)25-10-4-9-24-18/h5-8,11-13H,4,9-10H2,1-3H3,(H,21,22). The van der Waals surface area contributed by atoms with Gasteiger partial charge in [-0.3, -0.25) is 4.79 Å². The van der Waals surface area contributed by atoms with Crippen LogP contribution < -0.4 is 19.5 Å². The lowest BCUT2D eigenvalue weighted by molar-refractivity contribution is 0.102. The maximum atomic E-state index is 12.7. The van der Waals surface area contributed by atoms with E-state index in [1.165, 1.54) is 12.7 Å². The van der Waals surface area contributed by atoms with Crippen molar-refractivity contribution in [2.24, 2.45) is 0 Å². The van der Waals surface area contributed by atoms with Crippen LogP contribution in [0.4, 0.5) is 5.69 Å². The number of ether oxygens (including phenoxy) is 3. The van der Waals surface area contributed by atoms with Gasteiger partial charge in [-0.15, -0.1) is 0 Å². The van der Waals surface area contributed by atoms with Crippen molar-refractivity contribution < 1.29 is 19.0 Å². The number of fused-ring (bicyclic) bond motifs is 1. The predicted molar refractivity (Wildman–Crippen MR) is 97.1 cm³/mol. The maximum Gasteiger partial charge on any atom is 0.259 e. The largest absolute Gasteiger partial charge is 0.496 e. The van der Waals surface area contributed by atoms with E-state index in [9.17, 15) is 4.79 Å². The van der Waals surface area contributed by atoms with Gasteiger partial charge in [0.2, 0.25) is 0 Å². The van der Waals surface area contributed by atoms with E-state index in [1.54, 1.807) is 12.1 Å². The molecule has 2 aromatic rings. The summed E-state index contributed by atoms with van der Waals surface area (Å²) < 4.78 is 16.7. The molecule has 0 aliphatic carbocycles. The Morgan fingerprint density at radius 1 is 1.08 bits per heavy atom. The number of carbonyl (C=O) groups is 1. The van der Waals surface area contributed by atoms with Crippen LogP contribution in [-0.2, 0) is 0 Å². The van der Waals surface area contributed by atoms with Crippen molar-refractivity contribution in [2.75, 3.05) is 25.6 Å². The molecule has 1 N–H and O–H groups in total. The molecular weight excluding hydrogens is 318 g/mol. The number of benzene rings is 2. The summed E-state index contributed by atoms with van der Waals surface area (Å²) in [6.45, 7) is 5.42. The van der Waals surface area contributed by atoms with Gasteiger partial charge in [-0.1, -0.05) is 26.0 Å². The lowest BCUT2D eigenvalue weighted by atomic mass is 10.0. The molecule has 1 heterocycles. The zero-order chi connectivity index (χ0) is 17.8. The minimum Gasteiger partial charge on any atom is -0.496 e. The van der Waals surface area contributed by atoms with Crippen LogP contribution >= 0.6 is 0 Å². The highest BCUT2D eigenvalue weighted by molar-refractivity contribution is 6.06. The molecule has 25 heavy (non-hydrogen) atoms. The molecule has 0 saturated heterocycles. The lowest BCUT2D eigenvalue weighted by Gasteiger charge is -2.14. The summed E-state index contributed by atoms with van der Waals surface area (Å²) in [6, 6.07) is 11.2. The fourth-order valence-corrected chi connectivity index (χ4v) is 2.69. The molecule has 1 aliphatic rings. The molecule has 0 bridgehead atoms. The van der Waals surface area contributed by atoms with E-state index in [1.807, 2.05) is 24.3 Å². The van der Waals surface area contributed by atoms with Crippen LogP contribution in [0.3, 0.4) is 0 Å². The minimum atomic E-state index is -0.246. The number of amides is 1. The molecule has 0 fully saturated rings. The van der Waals surface area contributed by atoms with E-state index in [4.69, 9.17) is 14.2 Å². The Labute approximate surface area is 147 Å². The second kappa shape index (κ2) is 7.47. The molecule has 0 spiro atoms. The second-order valence-electron chi connectivity index (χ2n) is 6.28. The third-order valence-corrected chi connectivity index (χ3v) is 4.15. The molecule has 1 aliphatic heterocycles. The Morgan fingerprint density at radius 2 is 1.72 bits per heavy atom. The smallest absolute Gasteiger partial charge is 0.259 e. The summed E-state index contributed by atoms with van der Waals surface area (Å²) in [5.41, 5.74) is 2.38. The first kappa shape index (κ1) is 17.1. The second-order valence-corrected chi connectivity index (χ2v) is 6.28. The van der Waals surface area contributed by atoms with E-state index in [0.29, 0.717) is 41.9 Å². The van der Waals surface area contributed by atoms with Gasteiger partial charge in [-0.05, 0) is 23.6 Å². The zero-order valence-corrected chi connectivity index (χ0v) is 14.8. The number of nitrogens with one attached hydrogen (secondary N) is 1. The molecule has 0 saturated carbocycles. The van der Waals surface area contributed by atoms with E-state index < -0.39 is 0 Å². The van der Waals surface area contributed by atoms with Gasteiger partial charge in [0.15, 0.2) is 11.5 Å². The van der Waals surface area contributed by atoms with Gasteiger partial charge in [-0.2, -0.15) is 0 Å². The Morgan fingerprint density at radius 3 is 2.32 bits per heavy atom. The Kier molecular flexibility index (Phi) is 5.12. The fourth-order valence-electron chi connectivity index (χ4n) is 2.69. The van der Waals surface area contributed by atoms with Gasteiger partial charge in [0.05, 0.1) is 25.9 Å².